The average Bonchev–Trinajstić information content (AvgIpc) is 3.14. The van der Waals surface area contributed by atoms with Crippen molar-refractivity contribution >= 4 is 39.8 Å². The van der Waals surface area contributed by atoms with Gasteiger partial charge >= 0.3 is 0 Å². The maximum absolute atomic E-state index is 12.6. The Hall–Kier alpha value is -1.64. The highest BCUT2D eigenvalue weighted by atomic mass is 32.2. The molecule has 29 heavy (non-hydrogen) atoms. The van der Waals surface area contributed by atoms with Crippen LogP contribution >= 0.6 is 23.1 Å². The number of benzene rings is 1. The standard InChI is InChI=1S/C21H32N4O2S2/c1-6-27-12-8-11-22-20-24-25-21(29-20)28-13-18(26)23-19-16(14(2)3)9-7-10-17(19)15(4)5/h7,9-10,14-15H,6,8,11-13H2,1-5H3,(H,22,24)(H,23,26). The van der Waals surface area contributed by atoms with Crippen molar-refractivity contribution in [3.63, 3.8) is 0 Å². The smallest absolute Gasteiger partial charge is 0.234 e. The first-order valence-electron chi connectivity index (χ1n) is 10.1. The number of carbonyl (C=O) groups is 1. The molecule has 1 heterocycles. The number of hydrogen-bond donors (Lipinski definition) is 2. The molecular weight excluding hydrogens is 404 g/mol. The molecule has 0 spiro atoms. The van der Waals surface area contributed by atoms with Crippen LogP contribution in [-0.2, 0) is 9.53 Å². The van der Waals surface area contributed by atoms with E-state index in [1.165, 1.54) is 34.2 Å². The molecule has 0 radical (unpaired) electrons. The average molecular weight is 437 g/mol. The molecule has 0 bridgehead atoms. The zero-order valence-corrected chi connectivity index (χ0v) is 19.6. The fraction of sp³-hybridized carbons (Fsp3) is 0.571. The fourth-order valence-electron chi connectivity index (χ4n) is 2.85. The summed E-state index contributed by atoms with van der Waals surface area (Å²) in [5, 5.41) is 15.5. The SMILES string of the molecule is CCOCCCNc1nnc(SCC(=O)Nc2c(C(C)C)cccc2C(C)C)s1. The molecule has 0 aliphatic rings. The molecule has 0 saturated heterocycles. The van der Waals surface area contributed by atoms with Crippen molar-refractivity contribution in [1.82, 2.24) is 10.2 Å². The molecule has 1 aromatic heterocycles. The second-order valence-corrected chi connectivity index (χ2v) is 9.51. The highest BCUT2D eigenvalue weighted by Crippen LogP contribution is 2.33. The van der Waals surface area contributed by atoms with Crippen molar-refractivity contribution in [1.29, 1.82) is 0 Å². The molecule has 0 fully saturated rings. The molecule has 160 valence electrons. The number of anilines is 2. The minimum Gasteiger partial charge on any atom is -0.382 e. The lowest BCUT2D eigenvalue weighted by Crippen LogP contribution is -2.17. The van der Waals surface area contributed by atoms with Gasteiger partial charge in [-0.2, -0.15) is 0 Å². The summed E-state index contributed by atoms with van der Waals surface area (Å²) in [4.78, 5) is 12.6. The van der Waals surface area contributed by atoms with Gasteiger partial charge in [-0.1, -0.05) is 69.0 Å². The number of rotatable bonds is 12. The molecule has 2 aromatic rings. The van der Waals surface area contributed by atoms with Crippen LogP contribution < -0.4 is 10.6 Å². The van der Waals surface area contributed by atoms with Crippen molar-refractivity contribution in [2.75, 3.05) is 36.1 Å². The van der Waals surface area contributed by atoms with Gasteiger partial charge in [-0.25, -0.2) is 0 Å². The zero-order valence-electron chi connectivity index (χ0n) is 17.9. The van der Waals surface area contributed by atoms with Crippen LogP contribution in [-0.4, -0.2) is 41.6 Å². The van der Waals surface area contributed by atoms with Gasteiger partial charge in [0.05, 0.1) is 5.75 Å². The van der Waals surface area contributed by atoms with Gasteiger partial charge in [0.1, 0.15) is 0 Å². The molecule has 2 rings (SSSR count). The Morgan fingerprint density at radius 1 is 1.17 bits per heavy atom. The van der Waals surface area contributed by atoms with E-state index >= 15 is 0 Å². The fourth-order valence-corrected chi connectivity index (χ4v) is 4.43. The first kappa shape index (κ1) is 23.6. The number of amides is 1. The molecule has 0 atom stereocenters. The zero-order chi connectivity index (χ0) is 21.2. The molecule has 0 aliphatic heterocycles. The van der Waals surface area contributed by atoms with Gasteiger partial charge < -0.3 is 15.4 Å². The number of thioether (sulfide) groups is 1. The van der Waals surface area contributed by atoms with E-state index in [1.54, 1.807) is 0 Å². The third-order valence-electron chi connectivity index (χ3n) is 4.32. The summed E-state index contributed by atoms with van der Waals surface area (Å²) in [5.74, 6) is 0.974. The molecule has 0 aliphatic carbocycles. The van der Waals surface area contributed by atoms with E-state index < -0.39 is 0 Å². The maximum Gasteiger partial charge on any atom is 0.234 e. The van der Waals surface area contributed by atoms with Gasteiger partial charge in [-0.15, -0.1) is 10.2 Å². The molecule has 1 aromatic carbocycles. The van der Waals surface area contributed by atoms with E-state index in [-0.39, 0.29) is 5.91 Å². The minimum atomic E-state index is -0.0218. The Balaban J connectivity index is 1.89. The number of aromatic nitrogens is 2. The van der Waals surface area contributed by atoms with Crippen LogP contribution in [0.15, 0.2) is 22.5 Å². The number of hydrogen-bond acceptors (Lipinski definition) is 7. The molecule has 0 saturated carbocycles. The van der Waals surface area contributed by atoms with Crippen LogP contribution in [0.3, 0.4) is 0 Å². The van der Waals surface area contributed by atoms with Crippen LogP contribution in [0, 0.1) is 0 Å². The third-order valence-corrected chi connectivity index (χ3v) is 6.33. The molecule has 6 nitrogen and oxygen atoms in total. The van der Waals surface area contributed by atoms with Crippen molar-refractivity contribution in [3.8, 4) is 0 Å². The predicted octanol–water partition coefficient (Wildman–Crippen LogP) is 5.35. The monoisotopic (exact) mass is 436 g/mol. The Bertz CT molecular complexity index is 752. The summed E-state index contributed by atoms with van der Waals surface area (Å²) in [6.45, 7) is 12.8. The van der Waals surface area contributed by atoms with E-state index in [1.807, 2.05) is 6.92 Å². The third kappa shape index (κ3) is 7.60. The summed E-state index contributed by atoms with van der Waals surface area (Å²) < 4.78 is 6.10. The number of ether oxygens (including phenoxy) is 1. The molecule has 2 N–H and O–H groups in total. The number of carbonyl (C=O) groups excluding carboxylic acids is 1. The Morgan fingerprint density at radius 3 is 2.48 bits per heavy atom. The summed E-state index contributed by atoms with van der Waals surface area (Å²) >= 11 is 2.88. The Morgan fingerprint density at radius 2 is 1.86 bits per heavy atom. The van der Waals surface area contributed by atoms with Gasteiger partial charge in [0.2, 0.25) is 11.0 Å². The quantitative estimate of drug-likeness (QED) is 0.345. The number of para-hydroxylation sites is 1. The van der Waals surface area contributed by atoms with Crippen LogP contribution in [0.1, 0.15) is 64.0 Å². The largest absolute Gasteiger partial charge is 0.382 e. The molecule has 0 unspecified atom stereocenters. The maximum atomic E-state index is 12.6. The summed E-state index contributed by atoms with van der Waals surface area (Å²) in [6.07, 6.45) is 0.922. The summed E-state index contributed by atoms with van der Waals surface area (Å²) in [6, 6.07) is 6.25. The van der Waals surface area contributed by atoms with E-state index in [9.17, 15) is 4.79 Å². The second kappa shape index (κ2) is 12.1. The van der Waals surface area contributed by atoms with E-state index in [4.69, 9.17) is 4.74 Å². The second-order valence-electron chi connectivity index (χ2n) is 7.31. The number of nitrogens with one attached hydrogen (secondary N) is 2. The predicted molar refractivity (Wildman–Crippen MR) is 123 cm³/mol. The Kier molecular flexibility index (Phi) is 9.90. The van der Waals surface area contributed by atoms with E-state index in [0.717, 1.165) is 41.3 Å². The van der Waals surface area contributed by atoms with Crippen LogP contribution in [0.5, 0.6) is 0 Å². The lowest BCUT2D eigenvalue weighted by molar-refractivity contribution is -0.113. The lowest BCUT2D eigenvalue weighted by Gasteiger charge is -2.20. The molecular formula is C21H32N4O2S2. The first-order chi connectivity index (χ1) is 13.9. The summed E-state index contributed by atoms with van der Waals surface area (Å²) in [7, 11) is 0. The topological polar surface area (TPSA) is 76.1 Å². The Labute approximate surface area is 182 Å². The molecule has 8 heteroatoms. The van der Waals surface area contributed by atoms with Crippen LogP contribution in [0.4, 0.5) is 10.8 Å². The first-order valence-corrected chi connectivity index (χ1v) is 11.9. The van der Waals surface area contributed by atoms with Crippen molar-refractivity contribution in [2.24, 2.45) is 0 Å². The van der Waals surface area contributed by atoms with E-state index in [0.29, 0.717) is 17.6 Å². The van der Waals surface area contributed by atoms with Gasteiger partial charge in [0.15, 0.2) is 4.34 Å². The lowest BCUT2D eigenvalue weighted by atomic mass is 9.92. The van der Waals surface area contributed by atoms with Gasteiger partial charge in [-0.3, -0.25) is 4.79 Å². The normalized spacial score (nSPS) is 11.3. The van der Waals surface area contributed by atoms with Crippen LogP contribution in [0.2, 0.25) is 0 Å². The summed E-state index contributed by atoms with van der Waals surface area (Å²) in [5.41, 5.74) is 3.30. The highest BCUT2D eigenvalue weighted by Gasteiger charge is 2.16. The van der Waals surface area contributed by atoms with E-state index in [2.05, 4.69) is 66.7 Å². The minimum absolute atomic E-state index is 0.0218. The molecule has 1 amide bonds. The highest BCUT2D eigenvalue weighted by molar-refractivity contribution is 8.01. The van der Waals surface area contributed by atoms with Crippen molar-refractivity contribution < 1.29 is 9.53 Å². The van der Waals surface area contributed by atoms with Crippen LogP contribution in [0.25, 0.3) is 0 Å². The van der Waals surface area contributed by atoms with Gasteiger partial charge in [0, 0.05) is 25.4 Å². The van der Waals surface area contributed by atoms with Gasteiger partial charge in [-0.05, 0) is 36.3 Å². The number of nitrogens with zero attached hydrogens (tertiary/aromatic N) is 2. The van der Waals surface area contributed by atoms with Crippen molar-refractivity contribution in [2.45, 2.75) is 57.2 Å². The van der Waals surface area contributed by atoms with Gasteiger partial charge in [0.25, 0.3) is 0 Å². The van der Waals surface area contributed by atoms with Crippen molar-refractivity contribution in [3.05, 3.63) is 29.3 Å².